The van der Waals surface area contributed by atoms with E-state index in [9.17, 15) is 9.18 Å². The molecule has 6 heteroatoms. The zero-order valence-corrected chi connectivity index (χ0v) is 14.0. The minimum absolute atomic E-state index is 0.148. The van der Waals surface area contributed by atoms with Gasteiger partial charge in [0.2, 0.25) is 0 Å². The maximum Gasteiger partial charge on any atom is 0.410 e. The molecule has 1 atom stereocenters. The molecule has 1 saturated heterocycles. The van der Waals surface area contributed by atoms with Gasteiger partial charge in [-0.05, 0) is 61.3 Å². The first-order valence-corrected chi connectivity index (χ1v) is 7.73. The molecule has 1 amide bonds. The largest absolute Gasteiger partial charge is 0.444 e. The molecule has 0 spiro atoms. The third kappa shape index (κ3) is 4.59. The monoisotopic (exact) mass is 358 g/mol. The summed E-state index contributed by atoms with van der Waals surface area (Å²) in [5.41, 5.74) is 0.351. The lowest BCUT2D eigenvalue weighted by Crippen LogP contribution is -2.36. The van der Waals surface area contributed by atoms with E-state index in [1.54, 1.807) is 17.0 Å². The zero-order valence-electron chi connectivity index (χ0n) is 12.5. The first kappa shape index (κ1) is 16.1. The van der Waals surface area contributed by atoms with Crippen molar-refractivity contribution >= 4 is 27.7 Å². The number of ether oxygens (including phenoxy) is 1. The van der Waals surface area contributed by atoms with Gasteiger partial charge < -0.3 is 15.0 Å². The number of amides is 1. The maximum atomic E-state index is 13.2. The maximum absolute atomic E-state index is 13.2. The van der Waals surface area contributed by atoms with Gasteiger partial charge in [-0.3, -0.25) is 0 Å². The number of nitrogens with one attached hydrogen (secondary N) is 1. The summed E-state index contributed by atoms with van der Waals surface area (Å²) in [5.74, 6) is -0.289. The average molecular weight is 359 g/mol. The Morgan fingerprint density at radius 1 is 1.48 bits per heavy atom. The molecule has 0 bridgehead atoms. The standard InChI is InChI=1S/C15H20BrFN2O2/c1-15(2,3)21-14(20)19-7-6-11(9-19)18-10-4-5-13(17)12(16)8-10/h4-5,8,11,18H,6-7,9H2,1-3H3. The Labute approximate surface area is 132 Å². The Kier molecular flexibility index (Phi) is 4.76. The Balaban J connectivity index is 1.90. The Morgan fingerprint density at radius 2 is 2.19 bits per heavy atom. The van der Waals surface area contributed by atoms with E-state index in [-0.39, 0.29) is 18.0 Å². The van der Waals surface area contributed by atoms with Crippen LogP contribution in [0.5, 0.6) is 0 Å². The highest BCUT2D eigenvalue weighted by molar-refractivity contribution is 9.10. The topological polar surface area (TPSA) is 41.6 Å². The van der Waals surface area contributed by atoms with Gasteiger partial charge in [0, 0.05) is 24.8 Å². The van der Waals surface area contributed by atoms with Crippen molar-refractivity contribution < 1.29 is 13.9 Å². The van der Waals surface area contributed by atoms with Gasteiger partial charge in [0.25, 0.3) is 0 Å². The van der Waals surface area contributed by atoms with Gasteiger partial charge in [-0.1, -0.05) is 0 Å². The van der Waals surface area contributed by atoms with Crippen LogP contribution in [0.15, 0.2) is 22.7 Å². The number of likely N-dealkylation sites (tertiary alicyclic amines) is 1. The van der Waals surface area contributed by atoms with Crippen LogP contribution in [0.3, 0.4) is 0 Å². The zero-order chi connectivity index (χ0) is 15.6. The number of halogens is 2. The summed E-state index contributed by atoms with van der Waals surface area (Å²) in [7, 11) is 0. The quantitative estimate of drug-likeness (QED) is 0.868. The van der Waals surface area contributed by atoms with Crippen molar-refractivity contribution in [2.75, 3.05) is 18.4 Å². The van der Waals surface area contributed by atoms with Gasteiger partial charge in [0.1, 0.15) is 11.4 Å². The predicted octanol–water partition coefficient (Wildman–Crippen LogP) is 4.01. The van der Waals surface area contributed by atoms with Crippen LogP contribution in [0, 0.1) is 5.82 Å². The fraction of sp³-hybridized carbons (Fsp3) is 0.533. The van der Waals surface area contributed by atoms with Crippen LogP contribution in [0.1, 0.15) is 27.2 Å². The van der Waals surface area contributed by atoms with E-state index in [2.05, 4.69) is 21.2 Å². The van der Waals surface area contributed by atoms with Crippen molar-refractivity contribution in [1.29, 1.82) is 0 Å². The van der Waals surface area contributed by atoms with E-state index in [1.807, 2.05) is 20.8 Å². The van der Waals surface area contributed by atoms with E-state index in [1.165, 1.54) is 6.07 Å². The van der Waals surface area contributed by atoms with Crippen molar-refractivity contribution in [1.82, 2.24) is 4.90 Å². The smallest absolute Gasteiger partial charge is 0.410 e. The molecule has 1 fully saturated rings. The molecule has 21 heavy (non-hydrogen) atoms. The fourth-order valence-corrected chi connectivity index (χ4v) is 2.57. The van der Waals surface area contributed by atoms with Crippen LogP contribution >= 0.6 is 15.9 Å². The molecule has 1 heterocycles. The van der Waals surface area contributed by atoms with Gasteiger partial charge in [-0.25, -0.2) is 9.18 Å². The molecule has 0 aliphatic carbocycles. The van der Waals surface area contributed by atoms with Gasteiger partial charge in [-0.15, -0.1) is 0 Å². The molecule has 1 unspecified atom stereocenters. The minimum atomic E-state index is -0.482. The highest BCUT2D eigenvalue weighted by Gasteiger charge is 2.29. The average Bonchev–Trinajstić information content (AvgIpc) is 2.80. The Bertz CT molecular complexity index is 531. The fourth-order valence-electron chi connectivity index (χ4n) is 2.19. The summed E-state index contributed by atoms with van der Waals surface area (Å²) in [5, 5.41) is 3.31. The molecule has 2 rings (SSSR count). The predicted molar refractivity (Wildman–Crippen MR) is 83.9 cm³/mol. The summed E-state index contributed by atoms with van der Waals surface area (Å²) in [6.07, 6.45) is 0.556. The Hall–Kier alpha value is -1.30. The third-order valence-electron chi connectivity index (χ3n) is 3.13. The first-order valence-electron chi connectivity index (χ1n) is 6.94. The number of hydrogen-bond acceptors (Lipinski definition) is 3. The molecule has 1 aliphatic rings. The number of carbonyl (C=O) groups is 1. The molecule has 1 aromatic rings. The lowest BCUT2D eigenvalue weighted by molar-refractivity contribution is 0.0293. The first-order chi connectivity index (χ1) is 9.74. The summed E-state index contributed by atoms with van der Waals surface area (Å²) in [6.45, 7) is 6.81. The molecule has 0 aromatic heterocycles. The summed E-state index contributed by atoms with van der Waals surface area (Å²) in [4.78, 5) is 13.7. The SMILES string of the molecule is CC(C)(C)OC(=O)N1CCC(Nc2ccc(F)c(Br)c2)C1. The molecule has 4 nitrogen and oxygen atoms in total. The normalized spacial score (nSPS) is 18.7. The van der Waals surface area contributed by atoms with E-state index in [0.717, 1.165) is 12.1 Å². The highest BCUT2D eigenvalue weighted by Crippen LogP contribution is 2.23. The molecular formula is C15H20BrFN2O2. The lowest BCUT2D eigenvalue weighted by atomic mass is 10.2. The molecule has 1 aromatic carbocycles. The molecule has 0 saturated carbocycles. The lowest BCUT2D eigenvalue weighted by Gasteiger charge is -2.24. The second kappa shape index (κ2) is 6.22. The van der Waals surface area contributed by atoms with E-state index in [0.29, 0.717) is 17.6 Å². The van der Waals surface area contributed by atoms with Gasteiger partial charge >= 0.3 is 6.09 Å². The van der Waals surface area contributed by atoms with Crippen molar-refractivity contribution in [2.24, 2.45) is 0 Å². The van der Waals surface area contributed by atoms with Crippen molar-refractivity contribution in [3.8, 4) is 0 Å². The number of benzene rings is 1. The van der Waals surface area contributed by atoms with Crippen LogP contribution in [-0.4, -0.2) is 35.7 Å². The van der Waals surface area contributed by atoms with Crippen molar-refractivity contribution in [3.63, 3.8) is 0 Å². The summed E-state index contributed by atoms with van der Waals surface area (Å²) < 4.78 is 19.0. The summed E-state index contributed by atoms with van der Waals surface area (Å²) in [6, 6.07) is 4.95. The molecule has 1 aliphatic heterocycles. The van der Waals surface area contributed by atoms with E-state index < -0.39 is 5.60 Å². The molecule has 0 radical (unpaired) electrons. The highest BCUT2D eigenvalue weighted by atomic mass is 79.9. The second-order valence-corrected chi connectivity index (χ2v) is 7.04. The van der Waals surface area contributed by atoms with Crippen LogP contribution in [-0.2, 0) is 4.74 Å². The third-order valence-corrected chi connectivity index (χ3v) is 3.74. The second-order valence-electron chi connectivity index (χ2n) is 6.19. The number of anilines is 1. The van der Waals surface area contributed by atoms with Gasteiger partial charge in [0.05, 0.1) is 4.47 Å². The van der Waals surface area contributed by atoms with Gasteiger partial charge in [0.15, 0.2) is 0 Å². The van der Waals surface area contributed by atoms with E-state index >= 15 is 0 Å². The Morgan fingerprint density at radius 3 is 2.81 bits per heavy atom. The van der Waals surface area contributed by atoms with Crippen LogP contribution in [0.4, 0.5) is 14.9 Å². The molecule has 116 valence electrons. The van der Waals surface area contributed by atoms with Crippen molar-refractivity contribution in [3.05, 3.63) is 28.5 Å². The van der Waals surface area contributed by atoms with Gasteiger partial charge in [-0.2, -0.15) is 0 Å². The summed E-state index contributed by atoms with van der Waals surface area (Å²) >= 11 is 3.16. The van der Waals surface area contributed by atoms with Crippen LogP contribution in [0.2, 0.25) is 0 Å². The van der Waals surface area contributed by atoms with E-state index in [4.69, 9.17) is 4.74 Å². The van der Waals surface area contributed by atoms with Crippen molar-refractivity contribution in [2.45, 2.75) is 38.8 Å². The van der Waals surface area contributed by atoms with Crippen LogP contribution < -0.4 is 5.32 Å². The number of rotatable bonds is 2. The number of carbonyl (C=O) groups excluding carboxylic acids is 1. The molecular weight excluding hydrogens is 339 g/mol. The number of hydrogen-bond donors (Lipinski definition) is 1. The molecule has 1 N–H and O–H groups in total. The van der Waals surface area contributed by atoms with Crippen LogP contribution in [0.25, 0.3) is 0 Å². The number of nitrogens with zero attached hydrogens (tertiary/aromatic N) is 1. The minimum Gasteiger partial charge on any atom is -0.444 e.